The molecule has 1 unspecified atom stereocenters. The van der Waals surface area contributed by atoms with Crippen LogP contribution in [0.5, 0.6) is 0 Å². The molecule has 1 aromatic heterocycles. The van der Waals surface area contributed by atoms with Crippen LogP contribution in [0.3, 0.4) is 0 Å². The molecule has 0 aliphatic heterocycles. The molecule has 1 heterocycles. The summed E-state index contributed by atoms with van der Waals surface area (Å²) >= 11 is 11.4. The number of aromatic nitrogens is 1. The quantitative estimate of drug-likeness (QED) is 0.654. The molecule has 1 aromatic rings. The topological polar surface area (TPSA) is 36.7 Å². The van der Waals surface area contributed by atoms with Gasteiger partial charge in [0.2, 0.25) is 0 Å². The maximum absolute atomic E-state index is 8.61. The predicted octanol–water partition coefficient (Wildman–Crippen LogP) is 3.02. The van der Waals surface area contributed by atoms with Crippen LogP contribution in [0.4, 0.5) is 0 Å². The Hall–Kier alpha value is -0.780. The molecule has 12 heavy (non-hydrogen) atoms. The van der Waals surface area contributed by atoms with Crippen molar-refractivity contribution >= 4 is 23.2 Å². The van der Waals surface area contributed by atoms with Crippen molar-refractivity contribution in [1.29, 1.82) is 5.26 Å². The number of nitrogens with zero attached hydrogens (tertiary/aromatic N) is 2. The molecule has 0 aliphatic rings. The largest absolute Gasteiger partial charge is 0.244 e. The van der Waals surface area contributed by atoms with E-state index in [2.05, 4.69) is 11.1 Å². The fourth-order valence-electron chi connectivity index (χ4n) is 0.806. The minimum absolute atomic E-state index is 0.248. The van der Waals surface area contributed by atoms with Gasteiger partial charge in [-0.15, -0.1) is 0 Å². The Bertz CT molecular complexity index is 330. The standard InChI is InChI=1S/C8H6Cl2N2/c1-5(3-11)6-4-12-8(10)2-7(6)9/h2,4-5H,1H3. The third-order valence-corrected chi connectivity index (χ3v) is 2.04. The Morgan fingerprint density at radius 2 is 2.25 bits per heavy atom. The highest BCUT2D eigenvalue weighted by Crippen LogP contribution is 2.24. The fraction of sp³-hybridized carbons (Fsp3) is 0.250. The van der Waals surface area contributed by atoms with E-state index in [0.717, 1.165) is 0 Å². The summed E-state index contributed by atoms with van der Waals surface area (Å²) in [6, 6.07) is 3.61. The van der Waals surface area contributed by atoms with Gasteiger partial charge in [0.25, 0.3) is 0 Å². The summed E-state index contributed by atoms with van der Waals surface area (Å²) in [7, 11) is 0. The van der Waals surface area contributed by atoms with Crippen molar-refractivity contribution in [3.8, 4) is 6.07 Å². The summed E-state index contributed by atoms with van der Waals surface area (Å²) in [5.74, 6) is -0.248. The Kier molecular flexibility index (Phi) is 2.91. The van der Waals surface area contributed by atoms with E-state index in [4.69, 9.17) is 28.5 Å². The SMILES string of the molecule is CC(C#N)c1cnc(Cl)cc1Cl. The Morgan fingerprint density at radius 3 is 2.75 bits per heavy atom. The third kappa shape index (κ3) is 1.88. The molecule has 0 aliphatic carbocycles. The Labute approximate surface area is 80.7 Å². The molecule has 0 N–H and O–H groups in total. The number of rotatable bonds is 1. The summed E-state index contributed by atoms with van der Waals surface area (Å²) in [5.41, 5.74) is 0.712. The summed E-state index contributed by atoms with van der Waals surface area (Å²) in [5, 5.41) is 9.44. The van der Waals surface area contributed by atoms with Crippen molar-refractivity contribution in [2.24, 2.45) is 0 Å². The molecule has 0 radical (unpaired) electrons. The molecule has 0 saturated heterocycles. The molecule has 0 saturated carbocycles. The Balaban J connectivity index is 3.11. The van der Waals surface area contributed by atoms with Gasteiger partial charge in [-0.3, -0.25) is 0 Å². The van der Waals surface area contributed by atoms with E-state index in [1.54, 1.807) is 6.92 Å². The average molecular weight is 201 g/mol. The van der Waals surface area contributed by atoms with E-state index in [1.165, 1.54) is 12.3 Å². The number of hydrogen-bond acceptors (Lipinski definition) is 2. The number of pyridine rings is 1. The normalized spacial score (nSPS) is 12.2. The van der Waals surface area contributed by atoms with Crippen LogP contribution < -0.4 is 0 Å². The second kappa shape index (κ2) is 3.75. The lowest BCUT2D eigenvalue weighted by Gasteiger charge is -2.04. The van der Waals surface area contributed by atoms with E-state index >= 15 is 0 Å². The third-order valence-electron chi connectivity index (χ3n) is 1.51. The number of nitriles is 1. The second-order valence-electron chi connectivity index (χ2n) is 2.38. The van der Waals surface area contributed by atoms with Crippen molar-refractivity contribution in [1.82, 2.24) is 4.98 Å². The van der Waals surface area contributed by atoms with Gasteiger partial charge in [-0.25, -0.2) is 4.98 Å². The molecule has 4 heteroatoms. The first kappa shape index (κ1) is 9.31. The molecule has 0 amide bonds. The zero-order valence-electron chi connectivity index (χ0n) is 6.38. The van der Waals surface area contributed by atoms with Gasteiger partial charge in [-0.1, -0.05) is 23.2 Å². The zero-order chi connectivity index (χ0) is 9.14. The molecule has 0 aromatic carbocycles. The molecule has 62 valence electrons. The number of hydrogen-bond donors (Lipinski definition) is 0. The van der Waals surface area contributed by atoms with Crippen LogP contribution >= 0.6 is 23.2 Å². The molecule has 2 nitrogen and oxygen atoms in total. The molecule has 0 bridgehead atoms. The van der Waals surface area contributed by atoms with E-state index in [1.807, 2.05) is 0 Å². The van der Waals surface area contributed by atoms with Crippen LogP contribution in [0.2, 0.25) is 10.2 Å². The summed E-state index contributed by atoms with van der Waals surface area (Å²) in [4.78, 5) is 3.84. The summed E-state index contributed by atoms with van der Waals surface area (Å²) in [6.45, 7) is 1.76. The minimum atomic E-state index is -0.248. The highest BCUT2D eigenvalue weighted by molar-refractivity contribution is 6.34. The fourth-order valence-corrected chi connectivity index (χ4v) is 1.34. The van der Waals surface area contributed by atoms with Crippen molar-refractivity contribution in [3.63, 3.8) is 0 Å². The van der Waals surface area contributed by atoms with Crippen LogP contribution in [-0.4, -0.2) is 4.98 Å². The van der Waals surface area contributed by atoms with Crippen LogP contribution in [0, 0.1) is 11.3 Å². The zero-order valence-corrected chi connectivity index (χ0v) is 7.89. The highest BCUT2D eigenvalue weighted by Gasteiger charge is 2.08. The van der Waals surface area contributed by atoms with Gasteiger partial charge >= 0.3 is 0 Å². The van der Waals surface area contributed by atoms with Crippen LogP contribution in [0.25, 0.3) is 0 Å². The van der Waals surface area contributed by atoms with Crippen LogP contribution in [-0.2, 0) is 0 Å². The van der Waals surface area contributed by atoms with Crippen LogP contribution in [0.1, 0.15) is 18.4 Å². The number of halogens is 2. The van der Waals surface area contributed by atoms with E-state index < -0.39 is 0 Å². The first-order chi connectivity index (χ1) is 5.65. The van der Waals surface area contributed by atoms with Crippen molar-refractivity contribution in [2.75, 3.05) is 0 Å². The van der Waals surface area contributed by atoms with Gasteiger partial charge in [-0.05, 0) is 13.0 Å². The van der Waals surface area contributed by atoms with E-state index in [0.29, 0.717) is 15.7 Å². The molecular formula is C8H6Cl2N2. The highest BCUT2D eigenvalue weighted by atomic mass is 35.5. The van der Waals surface area contributed by atoms with Crippen molar-refractivity contribution in [2.45, 2.75) is 12.8 Å². The molecule has 1 atom stereocenters. The van der Waals surface area contributed by atoms with Gasteiger partial charge in [0.1, 0.15) is 5.15 Å². The predicted molar refractivity (Wildman–Crippen MR) is 48.3 cm³/mol. The van der Waals surface area contributed by atoms with Crippen LogP contribution in [0.15, 0.2) is 12.3 Å². The maximum Gasteiger partial charge on any atom is 0.130 e. The second-order valence-corrected chi connectivity index (χ2v) is 3.17. The monoisotopic (exact) mass is 200 g/mol. The van der Waals surface area contributed by atoms with E-state index in [9.17, 15) is 0 Å². The minimum Gasteiger partial charge on any atom is -0.244 e. The first-order valence-corrected chi connectivity index (χ1v) is 4.11. The maximum atomic E-state index is 8.61. The Morgan fingerprint density at radius 1 is 1.58 bits per heavy atom. The van der Waals surface area contributed by atoms with Gasteiger partial charge in [0.05, 0.1) is 12.0 Å². The lowest BCUT2D eigenvalue weighted by molar-refractivity contribution is 0.967. The van der Waals surface area contributed by atoms with E-state index in [-0.39, 0.29) is 5.92 Å². The van der Waals surface area contributed by atoms with Crippen molar-refractivity contribution in [3.05, 3.63) is 28.0 Å². The first-order valence-electron chi connectivity index (χ1n) is 3.35. The van der Waals surface area contributed by atoms with Gasteiger partial charge in [0.15, 0.2) is 0 Å². The lowest BCUT2D eigenvalue weighted by atomic mass is 10.1. The van der Waals surface area contributed by atoms with Crippen molar-refractivity contribution < 1.29 is 0 Å². The molecule has 0 spiro atoms. The lowest BCUT2D eigenvalue weighted by Crippen LogP contribution is -1.92. The summed E-state index contributed by atoms with van der Waals surface area (Å²) in [6.07, 6.45) is 1.53. The molecule has 0 fully saturated rings. The van der Waals surface area contributed by atoms with Gasteiger partial charge < -0.3 is 0 Å². The smallest absolute Gasteiger partial charge is 0.130 e. The molecular weight excluding hydrogens is 195 g/mol. The molecule has 1 rings (SSSR count). The average Bonchev–Trinajstić information content (AvgIpc) is 2.03. The summed E-state index contributed by atoms with van der Waals surface area (Å²) < 4.78 is 0. The van der Waals surface area contributed by atoms with Gasteiger partial charge in [-0.2, -0.15) is 5.26 Å². The van der Waals surface area contributed by atoms with Gasteiger partial charge in [0, 0.05) is 16.8 Å².